The number of hydrogen-bond donors (Lipinski definition) is 0. The van der Waals surface area contributed by atoms with Crippen molar-refractivity contribution in [1.82, 2.24) is 4.98 Å². The number of hydrogen-bond acceptors (Lipinski definition) is 4. The summed E-state index contributed by atoms with van der Waals surface area (Å²) in [5, 5.41) is 0. The van der Waals surface area contributed by atoms with Gasteiger partial charge in [0.25, 0.3) is 0 Å². The van der Waals surface area contributed by atoms with Crippen molar-refractivity contribution in [2.75, 3.05) is 11.4 Å². The van der Waals surface area contributed by atoms with Crippen LogP contribution in [0.3, 0.4) is 0 Å². The summed E-state index contributed by atoms with van der Waals surface area (Å²) in [6.45, 7) is 14.0. The molecule has 4 nitrogen and oxygen atoms in total. The lowest BCUT2D eigenvalue weighted by Gasteiger charge is -2.39. The predicted octanol–water partition coefficient (Wildman–Crippen LogP) is 3.01. The van der Waals surface area contributed by atoms with Crippen LogP contribution in [0.15, 0.2) is 18.3 Å². The molecule has 3 rings (SSSR count). The fourth-order valence-corrected chi connectivity index (χ4v) is 3.38. The Labute approximate surface area is 140 Å². The third-order valence-electron chi connectivity index (χ3n) is 5.96. The number of aromatic nitrogens is 1. The Kier molecular flexibility index (Phi) is 4.22. The van der Waals surface area contributed by atoms with Crippen LogP contribution in [-0.2, 0) is 9.31 Å². The molecule has 0 spiro atoms. The highest BCUT2D eigenvalue weighted by Crippen LogP contribution is 2.36. The van der Waals surface area contributed by atoms with E-state index in [-0.39, 0.29) is 18.3 Å². The van der Waals surface area contributed by atoms with Gasteiger partial charge in [0.1, 0.15) is 5.82 Å². The average molecular weight is 316 g/mol. The minimum Gasteiger partial charge on any atom is -0.399 e. The van der Waals surface area contributed by atoms with Crippen molar-refractivity contribution in [1.29, 1.82) is 0 Å². The highest BCUT2D eigenvalue weighted by Gasteiger charge is 2.51. The van der Waals surface area contributed by atoms with Gasteiger partial charge < -0.3 is 14.2 Å². The van der Waals surface area contributed by atoms with E-state index in [1.165, 1.54) is 12.8 Å². The van der Waals surface area contributed by atoms with Gasteiger partial charge in [-0.25, -0.2) is 4.98 Å². The maximum Gasteiger partial charge on any atom is 0.495 e. The maximum atomic E-state index is 6.17. The molecule has 5 heteroatoms. The first-order chi connectivity index (χ1) is 10.7. The Morgan fingerprint density at radius 3 is 2.48 bits per heavy atom. The third-order valence-corrected chi connectivity index (χ3v) is 5.96. The smallest absolute Gasteiger partial charge is 0.399 e. The van der Waals surface area contributed by atoms with E-state index in [0.29, 0.717) is 12.0 Å². The summed E-state index contributed by atoms with van der Waals surface area (Å²) >= 11 is 0. The zero-order chi connectivity index (χ0) is 16.8. The quantitative estimate of drug-likeness (QED) is 0.786. The molecule has 1 aromatic rings. The van der Waals surface area contributed by atoms with Crippen LogP contribution in [0, 0.1) is 5.92 Å². The first-order valence-corrected chi connectivity index (χ1v) is 8.79. The first kappa shape index (κ1) is 16.8. The van der Waals surface area contributed by atoms with E-state index in [1.807, 2.05) is 12.3 Å². The lowest BCUT2D eigenvalue weighted by Crippen LogP contribution is -2.44. The molecule has 0 amide bonds. The minimum absolute atomic E-state index is 0.311. The van der Waals surface area contributed by atoms with Gasteiger partial charge in [0.2, 0.25) is 0 Å². The van der Waals surface area contributed by atoms with Gasteiger partial charge in [-0.3, -0.25) is 0 Å². The van der Waals surface area contributed by atoms with Gasteiger partial charge in [0, 0.05) is 18.8 Å². The Morgan fingerprint density at radius 2 is 1.83 bits per heavy atom. The predicted molar refractivity (Wildman–Crippen MR) is 95.2 cm³/mol. The molecule has 0 radical (unpaired) electrons. The molecule has 0 N–H and O–H groups in total. The van der Waals surface area contributed by atoms with Crippen LogP contribution in [0.2, 0.25) is 0 Å². The van der Waals surface area contributed by atoms with E-state index < -0.39 is 0 Å². The van der Waals surface area contributed by atoms with Crippen LogP contribution in [0.5, 0.6) is 0 Å². The zero-order valence-corrected chi connectivity index (χ0v) is 15.3. The van der Waals surface area contributed by atoms with E-state index in [0.717, 1.165) is 17.8 Å². The van der Waals surface area contributed by atoms with Crippen LogP contribution in [0.4, 0.5) is 5.82 Å². The van der Waals surface area contributed by atoms with Crippen molar-refractivity contribution < 1.29 is 9.31 Å². The average Bonchev–Trinajstić information content (AvgIpc) is 2.71. The largest absolute Gasteiger partial charge is 0.495 e. The minimum atomic E-state index is -0.320. The van der Waals surface area contributed by atoms with E-state index >= 15 is 0 Å². The molecular formula is C18H29BN2O2. The van der Waals surface area contributed by atoms with Crippen LogP contribution in [0.25, 0.3) is 0 Å². The molecule has 2 fully saturated rings. The van der Waals surface area contributed by atoms with Gasteiger partial charge in [0.15, 0.2) is 0 Å². The molecule has 0 bridgehead atoms. The molecule has 2 saturated heterocycles. The molecular weight excluding hydrogens is 287 g/mol. The van der Waals surface area contributed by atoms with E-state index in [2.05, 4.69) is 57.5 Å². The molecule has 2 unspecified atom stereocenters. The maximum absolute atomic E-state index is 6.17. The third kappa shape index (κ3) is 3.01. The van der Waals surface area contributed by atoms with Gasteiger partial charge in [-0.15, -0.1) is 0 Å². The lowest BCUT2D eigenvalue weighted by molar-refractivity contribution is 0.00578. The molecule has 126 valence electrons. The van der Waals surface area contributed by atoms with E-state index in [1.54, 1.807) is 0 Å². The summed E-state index contributed by atoms with van der Waals surface area (Å²) < 4.78 is 12.3. The fraction of sp³-hybridized carbons (Fsp3) is 0.722. The second-order valence-electron chi connectivity index (χ2n) is 8.09. The molecule has 2 aliphatic heterocycles. The summed E-state index contributed by atoms with van der Waals surface area (Å²) in [4.78, 5) is 7.03. The van der Waals surface area contributed by atoms with Crippen molar-refractivity contribution in [3.05, 3.63) is 18.3 Å². The number of pyridine rings is 1. The SMILES string of the molecule is CC1CCCN(c2cc(B3OC(C)(C)C(C)(C)O3)ccn2)C1C. The van der Waals surface area contributed by atoms with Crippen LogP contribution < -0.4 is 10.4 Å². The van der Waals surface area contributed by atoms with Crippen molar-refractivity contribution in [3.8, 4) is 0 Å². The number of nitrogens with zero attached hydrogens (tertiary/aromatic N) is 2. The van der Waals surface area contributed by atoms with Crippen molar-refractivity contribution in [2.45, 2.75) is 71.6 Å². The molecule has 0 aromatic carbocycles. The molecule has 2 aliphatic rings. The highest BCUT2D eigenvalue weighted by molar-refractivity contribution is 6.62. The Balaban J connectivity index is 1.84. The fourth-order valence-electron chi connectivity index (χ4n) is 3.38. The summed E-state index contributed by atoms with van der Waals surface area (Å²) in [5.74, 6) is 1.74. The summed E-state index contributed by atoms with van der Waals surface area (Å²) in [6, 6.07) is 4.66. The monoisotopic (exact) mass is 316 g/mol. The Hall–Kier alpha value is -1.07. The van der Waals surface area contributed by atoms with Gasteiger partial charge >= 0.3 is 7.12 Å². The molecule has 23 heavy (non-hydrogen) atoms. The second kappa shape index (κ2) is 5.78. The number of anilines is 1. The first-order valence-electron chi connectivity index (χ1n) is 8.79. The highest BCUT2D eigenvalue weighted by atomic mass is 16.7. The zero-order valence-electron chi connectivity index (χ0n) is 15.3. The topological polar surface area (TPSA) is 34.6 Å². The molecule has 0 aliphatic carbocycles. The summed E-state index contributed by atoms with van der Waals surface area (Å²) in [7, 11) is -0.320. The van der Waals surface area contributed by atoms with Gasteiger partial charge in [-0.1, -0.05) is 6.92 Å². The van der Waals surface area contributed by atoms with Gasteiger partial charge in [-0.2, -0.15) is 0 Å². The Morgan fingerprint density at radius 1 is 1.17 bits per heavy atom. The summed E-state index contributed by atoms with van der Waals surface area (Å²) in [5.41, 5.74) is 0.432. The second-order valence-corrected chi connectivity index (χ2v) is 8.09. The normalized spacial score (nSPS) is 29.8. The van der Waals surface area contributed by atoms with Crippen molar-refractivity contribution >= 4 is 18.4 Å². The van der Waals surface area contributed by atoms with Crippen LogP contribution in [-0.4, -0.2) is 35.9 Å². The van der Waals surface area contributed by atoms with Crippen LogP contribution in [0.1, 0.15) is 54.4 Å². The van der Waals surface area contributed by atoms with Gasteiger partial charge in [0.05, 0.1) is 11.2 Å². The van der Waals surface area contributed by atoms with Crippen molar-refractivity contribution in [3.63, 3.8) is 0 Å². The molecule has 1 aromatic heterocycles. The molecule has 0 saturated carbocycles. The van der Waals surface area contributed by atoms with E-state index in [4.69, 9.17) is 9.31 Å². The molecule has 2 atom stereocenters. The molecule has 3 heterocycles. The number of piperidine rings is 1. The lowest BCUT2D eigenvalue weighted by atomic mass is 9.79. The van der Waals surface area contributed by atoms with E-state index in [9.17, 15) is 0 Å². The Bertz CT molecular complexity index is 560. The standard InChI is InChI=1S/C18H29BN2O2/c1-13-8-7-11-21(14(13)2)16-12-15(9-10-20-16)19-22-17(3,4)18(5,6)23-19/h9-10,12-14H,7-8,11H2,1-6H3. The van der Waals surface area contributed by atoms with Crippen LogP contribution >= 0.6 is 0 Å². The summed E-state index contributed by atoms with van der Waals surface area (Å²) in [6.07, 6.45) is 4.41. The van der Waals surface area contributed by atoms with Gasteiger partial charge in [-0.05, 0) is 71.0 Å². The number of rotatable bonds is 2. The van der Waals surface area contributed by atoms with Crippen molar-refractivity contribution in [2.24, 2.45) is 5.92 Å².